The molecule has 0 amide bonds. The summed E-state index contributed by atoms with van der Waals surface area (Å²) in [5.41, 5.74) is 0.295. The molecule has 0 aromatic heterocycles. The second-order valence-corrected chi connectivity index (χ2v) is 3.78. The normalized spacial score (nSPS) is 12.1. The Balaban J connectivity index is 3.67. The number of aliphatic hydroxyl groups is 1. The number of carboxylic acid groups (broad SMARTS) is 1. The average Bonchev–Trinajstić information content (AvgIpc) is 2.33. The standard InChI is InChI=1S/C12H15FO5/c1-5-7(9(14)12(15)16)10(17-3)6(2)8(13)11(5)18-4/h9,14H,1-4H3,(H,15,16). The number of aliphatic carboxylic acids is 1. The first-order valence-electron chi connectivity index (χ1n) is 5.18. The van der Waals surface area contributed by atoms with Crippen LogP contribution in [0.5, 0.6) is 11.5 Å². The monoisotopic (exact) mass is 258 g/mol. The van der Waals surface area contributed by atoms with Gasteiger partial charge in [0, 0.05) is 16.7 Å². The Morgan fingerprint density at radius 3 is 2.06 bits per heavy atom. The number of hydrogen-bond donors (Lipinski definition) is 2. The molecule has 1 rings (SSSR count). The van der Waals surface area contributed by atoms with Gasteiger partial charge in [0.2, 0.25) is 0 Å². The molecule has 2 N–H and O–H groups in total. The molecule has 1 aromatic carbocycles. The third-order valence-electron chi connectivity index (χ3n) is 2.77. The van der Waals surface area contributed by atoms with Crippen LogP contribution in [0, 0.1) is 19.7 Å². The van der Waals surface area contributed by atoms with Crippen molar-refractivity contribution in [2.45, 2.75) is 20.0 Å². The van der Waals surface area contributed by atoms with Crippen LogP contribution in [-0.4, -0.2) is 30.4 Å². The lowest BCUT2D eigenvalue weighted by molar-refractivity contribution is -0.147. The van der Waals surface area contributed by atoms with Crippen molar-refractivity contribution in [1.82, 2.24) is 0 Å². The Hall–Kier alpha value is -1.82. The summed E-state index contributed by atoms with van der Waals surface area (Å²) < 4.78 is 23.8. The maximum atomic E-state index is 13.9. The molecule has 0 radical (unpaired) electrons. The molecule has 0 aliphatic heterocycles. The van der Waals surface area contributed by atoms with E-state index in [1.54, 1.807) is 0 Å². The van der Waals surface area contributed by atoms with Crippen LogP contribution in [0.15, 0.2) is 0 Å². The quantitative estimate of drug-likeness (QED) is 0.857. The van der Waals surface area contributed by atoms with E-state index in [1.165, 1.54) is 28.1 Å². The van der Waals surface area contributed by atoms with Crippen LogP contribution in [0.3, 0.4) is 0 Å². The maximum Gasteiger partial charge on any atom is 0.337 e. The molecular formula is C12H15FO5. The van der Waals surface area contributed by atoms with E-state index in [4.69, 9.17) is 14.6 Å². The summed E-state index contributed by atoms with van der Waals surface area (Å²) in [7, 11) is 2.56. The van der Waals surface area contributed by atoms with Gasteiger partial charge in [0.25, 0.3) is 0 Å². The molecular weight excluding hydrogens is 243 g/mol. The van der Waals surface area contributed by atoms with E-state index in [2.05, 4.69) is 0 Å². The van der Waals surface area contributed by atoms with E-state index in [1.807, 2.05) is 0 Å². The van der Waals surface area contributed by atoms with E-state index in [9.17, 15) is 14.3 Å². The van der Waals surface area contributed by atoms with Gasteiger partial charge in [-0.25, -0.2) is 9.18 Å². The summed E-state index contributed by atoms with van der Waals surface area (Å²) in [5.74, 6) is -2.15. The minimum Gasteiger partial charge on any atom is -0.496 e. The molecule has 18 heavy (non-hydrogen) atoms. The smallest absolute Gasteiger partial charge is 0.337 e. The van der Waals surface area contributed by atoms with Crippen molar-refractivity contribution in [2.24, 2.45) is 0 Å². The van der Waals surface area contributed by atoms with Gasteiger partial charge in [-0.15, -0.1) is 0 Å². The summed E-state index contributed by atoms with van der Waals surface area (Å²) >= 11 is 0. The summed E-state index contributed by atoms with van der Waals surface area (Å²) in [6.07, 6.45) is -1.80. The van der Waals surface area contributed by atoms with Crippen molar-refractivity contribution in [3.63, 3.8) is 0 Å². The van der Waals surface area contributed by atoms with Gasteiger partial charge in [0.05, 0.1) is 14.2 Å². The minimum absolute atomic E-state index is 0.000694. The molecule has 0 aliphatic carbocycles. The van der Waals surface area contributed by atoms with Crippen LogP contribution in [0.25, 0.3) is 0 Å². The van der Waals surface area contributed by atoms with E-state index in [0.29, 0.717) is 0 Å². The summed E-state index contributed by atoms with van der Waals surface area (Å²) in [6, 6.07) is 0. The molecule has 0 saturated carbocycles. The van der Waals surface area contributed by atoms with Gasteiger partial charge >= 0.3 is 5.97 Å². The van der Waals surface area contributed by atoms with Crippen LogP contribution in [0.2, 0.25) is 0 Å². The van der Waals surface area contributed by atoms with Crippen molar-refractivity contribution < 1.29 is 28.9 Å². The zero-order valence-corrected chi connectivity index (χ0v) is 10.6. The number of aliphatic hydroxyl groups excluding tert-OH is 1. The second kappa shape index (κ2) is 5.22. The maximum absolute atomic E-state index is 13.9. The molecule has 1 atom stereocenters. The van der Waals surface area contributed by atoms with Crippen LogP contribution in [0.4, 0.5) is 4.39 Å². The molecule has 0 aliphatic rings. The Labute approximate surface area is 104 Å². The lowest BCUT2D eigenvalue weighted by Crippen LogP contribution is -2.15. The molecule has 1 unspecified atom stereocenters. The topological polar surface area (TPSA) is 76.0 Å². The minimum atomic E-state index is -1.80. The number of methoxy groups -OCH3 is 2. The Bertz CT molecular complexity index is 484. The zero-order valence-electron chi connectivity index (χ0n) is 10.6. The fourth-order valence-corrected chi connectivity index (χ4v) is 1.89. The molecule has 0 saturated heterocycles. The molecule has 6 heteroatoms. The first-order chi connectivity index (χ1) is 8.36. The largest absolute Gasteiger partial charge is 0.496 e. The predicted octanol–water partition coefficient (Wildman–Crippen LogP) is 1.58. The number of carboxylic acids is 1. The van der Waals surface area contributed by atoms with Crippen LogP contribution < -0.4 is 9.47 Å². The highest BCUT2D eigenvalue weighted by Gasteiger charge is 2.29. The Morgan fingerprint density at radius 1 is 1.17 bits per heavy atom. The highest BCUT2D eigenvalue weighted by Crippen LogP contribution is 2.40. The summed E-state index contributed by atoms with van der Waals surface area (Å²) in [5, 5.41) is 18.5. The SMILES string of the molecule is COc1c(C)c(C(O)C(=O)O)c(OC)c(C)c1F. The van der Waals surface area contributed by atoms with E-state index < -0.39 is 17.9 Å². The first-order valence-corrected chi connectivity index (χ1v) is 5.18. The van der Waals surface area contributed by atoms with Crippen molar-refractivity contribution in [1.29, 1.82) is 0 Å². The van der Waals surface area contributed by atoms with Crippen molar-refractivity contribution >= 4 is 5.97 Å². The number of halogens is 1. The predicted molar refractivity (Wildman–Crippen MR) is 61.6 cm³/mol. The van der Waals surface area contributed by atoms with Gasteiger partial charge < -0.3 is 19.7 Å². The van der Waals surface area contributed by atoms with Gasteiger partial charge in [0.1, 0.15) is 5.75 Å². The zero-order chi connectivity index (χ0) is 14.0. The van der Waals surface area contributed by atoms with Gasteiger partial charge in [-0.1, -0.05) is 0 Å². The van der Waals surface area contributed by atoms with Crippen LogP contribution >= 0.6 is 0 Å². The second-order valence-electron chi connectivity index (χ2n) is 3.78. The van der Waals surface area contributed by atoms with Gasteiger partial charge in [0.15, 0.2) is 17.7 Å². The molecule has 0 heterocycles. The Morgan fingerprint density at radius 2 is 1.67 bits per heavy atom. The van der Waals surface area contributed by atoms with E-state index >= 15 is 0 Å². The number of carbonyl (C=O) groups is 1. The molecule has 0 bridgehead atoms. The lowest BCUT2D eigenvalue weighted by Gasteiger charge is -2.20. The average molecular weight is 258 g/mol. The van der Waals surface area contributed by atoms with Crippen LogP contribution in [0.1, 0.15) is 22.8 Å². The van der Waals surface area contributed by atoms with Gasteiger partial charge in [-0.05, 0) is 13.8 Å². The van der Waals surface area contributed by atoms with Gasteiger partial charge in [-0.3, -0.25) is 0 Å². The third-order valence-corrected chi connectivity index (χ3v) is 2.77. The highest BCUT2D eigenvalue weighted by molar-refractivity contribution is 5.77. The molecule has 1 aromatic rings. The summed E-state index contributed by atoms with van der Waals surface area (Å²) in [6.45, 7) is 2.89. The van der Waals surface area contributed by atoms with E-state index in [-0.39, 0.29) is 28.2 Å². The fourth-order valence-electron chi connectivity index (χ4n) is 1.89. The molecule has 5 nitrogen and oxygen atoms in total. The van der Waals surface area contributed by atoms with Crippen molar-refractivity contribution in [3.05, 3.63) is 22.5 Å². The summed E-state index contributed by atoms with van der Waals surface area (Å²) in [4.78, 5) is 10.9. The number of benzene rings is 1. The third kappa shape index (κ3) is 2.11. The van der Waals surface area contributed by atoms with E-state index in [0.717, 1.165) is 0 Å². The lowest BCUT2D eigenvalue weighted by atomic mass is 9.97. The first kappa shape index (κ1) is 14.2. The molecule has 100 valence electrons. The Kier molecular flexibility index (Phi) is 4.13. The van der Waals surface area contributed by atoms with Gasteiger partial charge in [-0.2, -0.15) is 0 Å². The van der Waals surface area contributed by atoms with Crippen LogP contribution in [-0.2, 0) is 4.79 Å². The number of hydrogen-bond acceptors (Lipinski definition) is 4. The molecule has 0 spiro atoms. The highest BCUT2D eigenvalue weighted by atomic mass is 19.1. The van der Waals surface area contributed by atoms with Crippen molar-refractivity contribution in [2.75, 3.05) is 14.2 Å². The van der Waals surface area contributed by atoms with Crippen molar-refractivity contribution in [3.8, 4) is 11.5 Å². The number of ether oxygens (including phenoxy) is 2. The molecule has 0 fully saturated rings. The number of rotatable bonds is 4. The fraction of sp³-hybridized carbons (Fsp3) is 0.417.